The van der Waals surface area contributed by atoms with E-state index in [0.29, 0.717) is 24.6 Å². The molecule has 6 heteroatoms. The fraction of sp³-hybridized carbons (Fsp3) is 0.600. The summed E-state index contributed by atoms with van der Waals surface area (Å²) in [7, 11) is 1.75. The average Bonchev–Trinajstić information content (AvgIpc) is 2.64. The quantitative estimate of drug-likeness (QED) is 0.321. The number of amides is 1. The van der Waals surface area contributed by atoms with Crippen molar-refractivity contribution in [3.63, 3.8) is 0 Å². The molecule has 1 rings (SSSR count). The van der Waals surface area contributed by atoms with Gasteiger partial charge in [0.1, 0.15) is 0 Å². The Kier molecular flexibility index (Phi) is 11.1. The van der Waals surface area contributed by atoms with Crippen LogP contribution < -0.4 is 16.0 Å². The number of hydrogen-bond donors (Lipinski definition) is 3. The van der Waals surface area contributed by atoms with E-state index in [1.165, 1.54) is 0 Å². The van der Waals surface area contributed by atoms with Gasteiger partial charge in [0, 0.05) is 45.5 Å². The van der Waals surface area contributed by atoms with Gasteiger partial charge in [-0.2, -0.15) is 0 Å². The first-order chi connectivity index (χ1) is 12.6. The minimum absolute atomic E-state index is 0.0300. The van der Waals surface area contributed by atoms with E-state index < -0.39 is 0 Å². The van der Waals surface area contributed by atoms with Crippen molar-refractivity contribution < 1.29 is 9.53 Å². The maximum atomic E-state index is 12.0. The highest BCUT2D eigenvalue weighted by molar-refractivity contribution is 5.94. The highest BCUT2D eigenvalue weighted by Crippen LogP contribution is 2.05. The van der Waals surface area contributed by atoms with Crippen LogP contribution in [0.3, 0.4) is 0 Å². The Balaban J connectivity index is 2.36. The second kappa shape index (κ2) is 13.2. The first kappa shape index (κ1) is 22.0. The van der Waals surface area contributed by atoms with Crippen LogP contribution in [0.15, 0.2) is 29.3 Å². The monoisotopic (exact) mass is 362 g/mol. The van der Waals surface area contributed by atoms with Crippen LogP contribution in [0.5, 0.6) is 0 Å². The summed E-state index contributed by atoms with van der Waals surface area (Å²) in [5.41, 5.74) is 1.72. The second-order valence-electron chi connectivity index (χ2n) is 6.63. The third-order valence-electron chi connectivity index (χ3n) is 3.62. The Hall–Kier alpha value is -2.08. The van der Waals surface area contributed by atoms with Crippen molar-refractivity contribution >= 4 is 11.9 Å². The van der Waals surface area contributed by atoms with Crippen molar-refractivity contribution in [2.75, 3.05) is 33.4 Å². The third-order valence-corrected chi connectivity index (χ3v) is 3.62. The summed E-state index contributed by atoms with van der Waals surface area (Å²) in [6.45, 7) is 9.98. The molecule has 0 spiro atoms. The van der Waals surface area contributed by atoms with Gasteiger partial charge in [-0.05, 0) is 36.5 Å². The molecule has 146 valence electrons. The van der Waals surface area contributed by atoms with E-state index in [2.05, 4.69) is 34.8 Å². The molecular formula is C20H34N4O2. The molecule has 6 nitrogen and oxygen atoms in total. The topological polar surface area (TPSA) is 74.8 Å². The Labute approximate surface area is 157 Å². The van der Waals surface area contributed by atoms with Crippen LogP contribution >= 0.6 is 0 Å². The van der Waals surface area contributed by atoms with E-state index in [9.17, 15) is 4.79 Å². The summed E-state index contributed by atoms with van der Waals surface area (Å²) >= 11 is 0. The Morgan fingerprint density at radius 1 is 1.19 bits per heavy atom. The predicted molar refractivity (Wildman–Crippen MR) is 108 cm³/mol. The van der Waals surface area contributed by atoms with Crippen molar-refractivity contribution in [2.24, 2.45) is 10.9 Å². The maximum absolute atomic E-state index is 12.0. The molecule has 26 heavy (non-hydrogen) atoms. The van der Waals surface area contributed by atoms with Gasteiger partial charge in [0.15, 0.2) is 5.96 Å². The number of carbonyl (C=O) groups excluding carboxylic acids is 1. The number of ether oxygens (including phenoxy) is 1. The van der Waals surface area contributed by atoms with Crippen LogP contribution in [-0.4, -0.2) is 45.2 Å². The van der Waals surface area contributed by atoms with Gasteiger partial charge in [-0.25, -0.2) is 0 Å². The lowest BCUT2D eigenvalue weighted by Crippen LogP contribution is -2.37. The predicted octanol–water partition coefficient (Wildman–Crippen LogP) is 2.55. The molecule has 0 aliphatic carbocycles. The highest BCUT2D eigenvalue weighted by atomic mass is 16.5. The zero-order valence-corrected chi connectivity index (χ0v) is 16.6. The summed E-state index contributed by atoms with van der Waals surface area (Å²) in [5, 5.41) is 9.44. The molecule has 0 aliphatic rings. The van der Waals surface area contributed by atoms with Gasteiger partial charge in [-0.3, -0.25) is 9.79 Å². The van der Waals surface area contributed by atoms with Gasteiger partial charge in [-0.1, -0.05) is 32.9 Å². The lowest BCUT2D eigenvalue weighted by Gasteiger charge is -2.13. The molecule has 0 saturated carbocycles. The highest BCUT2D eigenvalue weighted by Gasteiger charge is 2.05. The van der Waals surface area contributed by atoms with E-state index in [0.717, 1.165) is 44.1 Å². The van der Waals surface area contributed by atoms with Crippen molar-refractivity contribution in [3.8, 4) is 0 Å². The molecular weight excluding hydrogens is 328 g/mol. The van der Waals surface area contributed by atoms with Crippen LogP contribution in [-0.2, 0) is 11.3 Å². The van der Waals surface area contributed by atoms with Gasteiger partial charge in [0.25, 0.3) is 5.91 Å². The van der Waals surface area contributed by atoms with Crippen molar-refractivity contribution in [2.45, 2.75) is 40.2 Å². The third kappa shape index (κ3) is 9.42. The van der Waals surface area contributed by atoms with Crippen LogP contribution in [0.25, 0.3) is 0 Å². The summed E-state index contributed by atoms with van der Waals surface area (Å²) in [6.07, 6.45) is 1.86. The molecule has 1 aromatic carbocycles. The largest absolute Gasteiger partial charge is 0.381 e. The summed E-state index contributed by atoms with van der Waals surface area (Å²) in [4.78, 5) is 16.3. The number of hydrogen-bond acceptors (Lipinski definition) is 3. The van der Waals surface area contributed by atoms with Gasteiger partial charge in [-0.15, -0.1) is 0 Å². The second-order valence-corrected chi connectivity index (χ2v) is 6.63. The van der Waals surface area contributed by atoms with Gasteiger partial charge in [0.2, 0.25) is 0 Å². The zero-order valence-electron chi connectivity index (χ0n) is 16.6. The number of carbonyl (C=O) groups is 1. The van der Waals surface area contributed by atoms with Crippen LogP contribution in [0.1, 0.15) is 49.5 Å². The van der Waals surface area contributed by atoms with E-state index in [1.54, 1.807) is 7.05 Å². The van der Waals surface area contributed by atoms with E-state index in [1.807, 2.05) is 31.2 Å². The molecule has 3 N–H and O–H groups in total. The number of nitrogens with zero attached hydrogens (tertiary/aromatic N) is 1. The zero-order chi connectivity index (χ0) is 19.2. The summed E-state index contributed by atoms with van der Waals surface area (Å²) in [6, 6.07) is 7.64. The van der Waals surface area contributed by atoms with E-state index in [-0.39, 0.29) is 5.91 Å². The van der Waals surface area contributed by atoms with Crippen LogP contribution in [0.2, 0.25) is 0 Å². The average molecular weight is 363 g/mol. The number of benzene rings is 1. The molecule has 0 radical (unpaired) electrons. The SMILES string of the molecule is CCCNC(=O)c1cccc(CNC(=NC)NCCCOCC(C)C)c1. The van der Waals surface area contributed by atoms with Gasteiger partial charge in [0.05, 0.1) is 0 Å². The minimum Gasteiger partial charge on any atom is -0.381 e. The molecule has 0 aliphatic heterocycles. The minimum atomic E-state index is -0.0300. The lowest BCUT2D eigenvalue weighted by molar-refractivity contribution is 0.0953. The first-order valence-electron chi connectivity index (χ1n) is 9.46. The summed E-state index contributed by atoms with van der Waals surface area (Å²) < 4.78 is 5.57. The summed E-state index contributed by atoms with van der Waals surface area (Å²) in [5.74, 6) is 1.28. The fourth-order valence-corrected chi connectivity index (χ4v) is 2.27. The molecule has 0 bridgehead atoms. The van der Waals surface area contributed by atoms with Crippen molar-refractivity contribution in [1.29, 1.82) is 0 Å². The Morgan fingerprint density at radius 3 is 2.69 bits per heavy atom. The smallest absolute Gasteiger partial charge is 0.251 e. The first-order valence-corrected chi connectivity index (χ1v) is 9.46. The standard InChI is InChI=1S/C20H34N4O2/c1-5-10-22-19(25)18-9-6-8-17(13-18)14-24-20(21-4)23-11-7-12-26-15-16(2)3/h6,8-9,13,16H,5,7,10-12,14-15H2,1-4H3,(H,22,25)(H2,21,23,24). The number of guanidine groups is 1. The maximum Gasteiger partial charge on any atom is 0.251 e. The van der Waals surface area contributed by atoms with E-state index in [4.69, 9.17) is 4.74 Å². The lowest BCUT2D eigenvalue weighted by atomic mass is 10.1. The number of rotatable bonds is 11. The van der Waals surface area contributed by atoms with Crippen LogP contribution in [0, 0.1) is 5.92 Å². The molecule has 0 saturated heterocycles. The molecule has 1 aromatic rings. The van der Waals surface area contributed by atoms with Gasteiger partial charge < -0.3 is 20.7 Å². The van der Waals surface area contributed by atoms with Crippen molar-refractivity contribution in [1.82, 2.24) is 16.0 Å². The van der Waals surface area contributed by atoms with E-state index >= 15 is 0 Å². The Bertz CT molecular complexity index is 558. The molecule has 0 atom stereocenters. The number of nitrogens with one attached hydrogen (secondary N) is 3. The van der Waals surface area contributed by atoms with Crippen molar-refractivity contribution in [3.05, 3.63) is 35.4 Å². The van der Waals surface area contributed by atoms with Crippen LogP contribution in [0.4, 0.5) is 0 Å². The molecule has 0 aromatic heterocycles. The molecule has 0 unspecified atom stereocenters. The molecule has 0 fully saturated rings. The van der Waals surface area contributed by atoms with Gasteiger partial charge >= 0.3 is 0 Å². The number of aliphatic imine (C=N–C) groups is 1. The molecule has 0 heterocycles. The normalized spacial score (nSPS) is 11.5. The fourth-order valence-electron chi connectivity index (χ4n) is 2.27. The Morgan fingerprint density at radius 2 is 2.00 bits per heavy atom. The molecule has 1 amide bonds.